The zero-order chi connectivity index (χ0) is 18.1. The molecule has 3 heterocycles. The molecule has 4 rings (SSSR count). The van der Waals surface area contributed by atoms with E-state index in [0.29, 0.717) is 11.3 Å². The van der Waals surface area contributed by atoms with Crippen LogP contribution in [0.5, 0.6) is 0 Å². The third-order valence-corrected chi connectivity index (χ3v) is 4.57. The molecule has 2 aromatic heterocycles. The number of aryl methyl sites for hydroxylation is 1. The molecule has 1 fully saturated rings. The largest absolute Gasteiger partial charge is 0.393 e. The number of benzene rings is 1. The fraction of sp³-hybridized carbons (Fsp3) is 0.333. The van der Waals surface area contributed by atoms with Gasteiger partial charge < -0.3 is 15.3 Å². The lowest BCUT2D eigenvalue weighted by atomic mass is 10.0. The SMILES string of the molecule is Cc1cc(Nc2ccc(N3CCC(O)CC3)c(C#N)c2)n2ncnc2n1. The number of aliphatic hydroxyl groups excluding tert-OH is 1. The lowest BCUT2D eigenvalue weighted by Crippen LogP contribution is -2.36. The quantitative estimate of drug-likeness (QED) is 0.745. The Kier molecular flexibility index (Phi) is 4.14. The summed E-state index contributed by atoms with van der Waals surface area (Å²) in [5.41, 5.74) is 3.13. The second-order valence-electron chi connectivity index (χ2n) is 6.44. The van der Waals surface area contributed by atoms with Crippen molar-refractivity contribution in [3.63, 3.8) is 0 Å². The van der Waals surface area contributed by atoms with Gasteiger partial charge in [-0.25, -0.2) is 4.98 Å². The van der Waals surface area contributed by atoms with Gasteiger partial charge in [0.1, 0.15) is 18.2 Å². The van der Waals surface area contributed by atoms with Crippen molar-refractivity contribution in [1.82, 2.24) is 19.6 Å². The number of nitriles is 1. The van der Waals surface area contributed by atoms with Crippen LogP contribution in [-0.2, 0) is 0 Å². The van der Waals surface area contributed by atoms with E-state index in [1.165, 1.54) is 6.33 Å². The molecule has 8 nitrogen and oxygen atoms in total. The van der Waals surface area contributed by atoms with Crippen molar-refractivity contribution in [2.24, 2.45) is 0 Å². The zero-order valence-corrected chi connectivity index (χ0v) is 14.4. The van der Waals surface area contributed by atoms with Crippen molar-refractivity contribution < 1.29 is 5.11 Å². The summed E-state index contributed by atoms with van der Waals surface area (Å²) < 4.78 is 1.62. The first-order chi connectivity index (χ1) is 12.6. The molecule has 26 heavy (non-hydrogen) atoms. The standard InChI is InChI=1S/C18H19N7O/c1-12-8-17(25-18(22-12)20-11-21-25)23-14-2-3-16(13(9-14)10-19)24-6-4-15(26)5-7-24/h2-3,8-9,11,15,23,26H,4-7H2,1H3. The summed E-state index contributed by atoms with van der Waals surface area (Å²) in [5, 5.41) is 26.7. The highest BCUT2D eigenvalue weighted by Gasteiger charge is 2.19. The molecular formula is C18H19N7O. The fourth-order valence-electron chi connectivity index (χ4n) is 3.25. The van der Waals surface area contributed by atoms with E-state index < -0.39 is 0 Å². The summed E-state index contributed by atoms with van der Waals surface area (Å²) in [4.78, 5) is 10.6. The average Bonchev–Trinajstić information content (AvgIpc) is 3.11. The first-order valence-corrected chi connectivity index (χ1v) is 8.55. The van der Waals surface area contributed by atoms with Crippen LogP contribution in [0.25, 0.3) is 5.78 Å². The Morgan fingerprint density at radius 1 is 1.27 bits per heavy atom. The zero-order valence-electron chi connectivity index (χ0n) is 14.4. The molecule has 1 aliphatic rings. The Bertz CT molecular complexity index is 983. The van der Waals surface area contributed by atoms with Gasteiger partial charge in [0.2, 0.25) is 0 Å². The van der Waals surface area contributed by atoms with Crippen LogP contribution in [0.2, 0.25) is 0 Å². The third-order valence-electron chi connectivity index (χ3n) is 4.57. The van der Waals surface area contributed by atoms with Crippen LogP contribution in [0.3, 0.4) is 0 Å². The van der Waals surface area contributed by atoms with Crippen molar-refractivity contribution in [3.05, 3.63) is 41.9 Å². The van der Waals surface area contributed by atoms with Crippen molar-refractivity contribution in [2.75, 3.05) is 23.3 Å². The summed E-state index contributed by atoms with van der Waals surface area (Å²) in [7, 11) is 0. The van der Waals surface area contributed by atoms with Crippen LogP contribution in [0.4, 0.5) is 17.2 Å². The number of nitrogens with zero attached hydrogens (tertiary/aromatic N) is 6. The Morgan fingerprint density at radius 3 is 2.85 bits per heavy atom. The number of hydrogen-bond acceptors (Lipinski definition) is 7. The van der Waals surface area contributed by atoms with Gasteiger partial charge in [0, 0.05) is 30.5 Å². The Morgan fingerprint density at radius 2 is 2.08 bits per heavy atom. The lowest BCUT2D eigenvalue weighted by molar-refractivity contribution is 0.145. The fourth-order valence-corrected chi connectivity index (χ4v) is 3.25. The molecule has 1 aromatic carbocycles. The van der Waals surface area contributed by atoms with Crippen LogP contribution in [0.1, 0.15) is 24.1 Å². The van der Waals surface area contributed by atoms with Crippen molar-refractivity contribution in [1.29, 1.82) is 5.26 Å². The molecule has 0 radical (unpaired) electrons. The summed E-state index contributed by atoms with van der Waals surface area (Å²) in [6.45, 7) is 3.41. The van der Waals surface area contributed by atoms with E-state index in [9.17, 15) is 10.4 Å². The second-order valence-corrected chi connectivity index (χ2v) is 6.44. The van der Waals surface area contributed by atoms with Gasteiger partial charge in [0.05, 0.1) is 17.4 Å². The maximum absolute atomic E-state index is 9.68. The number of hydrogen-bond donors (Lipinski definition) is 2. The average molecular weight is 349 g/mol. The van der Waals surface area contributed by atoms with Gasteiger partial charge in [-0.05, 0) is 38.0 Å². The molecule has 1 saturated heterocycles. The van der Waals surface area contributed by atoms with Crippen LogP contribution in [0, 0.1) is 18.3 Å². The molecular weight excluding hydrogens is 330 g/mol. The molecule has 3 aromatic rings. The molecule has 1 aliphatic heterocycles. The van der Waals surface area contributed by atoms with Crippen LogP contribution < -0.4 is 10.2 Å². The van der Waals surface area contributed by atoms with E-state index in [0.717, 1.165) is 48.8 Å². The molecule has 0 atom stereocenters. The van der Waals surface area contributed by atoms with Crippen LogP contribution in [-0.4, -0.2) is 43.9 Å². The number of rotatable bonds is 3. The molecule has 0 aliphatic carbocycles. The molecule has 132 valence electrons. The monoisotopic (exact) mass is 349 g/mol. The second kappa shape index (κ2) is 6.61. The first-order valence-electron chi connectivity index (χ1n) is 8.55. The number of anilines is 3. The van der Waals surface area contributed by atoms with Crippen LogP contribution >= 0.6 is 0 Å². The first kappa shape index (κ1) is 16.3. The van der Waals surface area contributed by atoms with E-state index >= 15 is 0 Å². The molecule has 0 bridgehead atoms. The van der Waals surface area contributed by atoms with E-state index in [-0.39, 0.29) is 6.10 Å². The van der Waals surface area contributed by atoms with Crippen molar-refractivity contribution in [3.8, 4) is 6.07 Å². The minimum atomic E-state index is -0.238. The summed E-state index contributed by atoms with van der Waals surface area (Å²) in [5.74, 6) is 1.26. The van der Waals surface area contributed by atoms with Gasteiger partial charge in [-0.15, -0.1) is 0 Å². The number of fused-ring (bicyclic) bond motifs is 1. The molecule has 0 amide bonds. The highest BCUT2D eigenvalue weighted by atomic mass is 16.3. The minimum Gasteiger partial charge on any atom is -0.393 e. The normalized spacial score (nSPS) is 15.2. The Balaban J connectivity index is 1.63. The maximum atomic E-state index is 9.68. The predicted octanol–water partition coefficient (Wildman–Crippen LogP) is 2.01. The van der Waals surface area contributed by atoms with Crippen LogP contribution in [0.15, 0.2) is 30.6 Å². The molecule has 0 unspecified atom stereocenters. The highest BCUT2D eigenvalue weighted by molar-refractivity contribution is 5.68. The molecule has 0 saturated carbocycles. The van der Waals surface area contributed by atoms with Gasteiger partial charge in [-0.3, -0.25) is 0 Å². The third kappa shape index (κ3) is 3.05. The minimum absolute atomic E-state index is 0.238. The smallest absolute Gasteiger partial charge is 0.254 e. The van der Waals surface area contributed by atoms with E-state index in [1.807, 2.05) is 31.2 Å². The van der Waals surface area contributed by atoms with E-state index in [4.69, 9.17) is 0 Å². The van der Waals surface area contributed by atoms with Gasteiger partial charge in [-0.1, -0.05) is 0 Å². The van der Waals surface area contributed by atoms with Gasteiger partial charge >= 0.3 is 0 Å². The Labute approximate surface area is 150 Å². The van der Waals surface area contributed by atoms with E-state index in [1.54, 1.807) is 4.52 Å². The Hall–Kier alpha value is -3.18. The topological polar surface area (TPSA) is 102 Å². The molecule has 8 heteroatoms. The van der Waals surface area contributed by atoms with Crippen molar-refractivity contribution in [2.45, 2.75) is 25.9 Å². The predicted molar refractivity (Wildman–Crippen MR) is 97.4 cm³/mol. The highest BCUT2D eigenvalue weighted by Crippen LogP contribution is 2.28. The van der Waals surface area contributed by atoms with E-state index in [2.05, 4.69) is 31.4 Å². The molecule has 2 N–H and O–H groups in total. The summed E-state index contributed by atoms with van der Waals surface area (Å²) in [6, 6.07) is 9.89. The summed E-state index contributed by atoms with van der Waals surface area (Å²) in [6.07, 6.45) is 2.68. The number of piperidine rings is 1. The number of aliphatic hydroxyl groups is 1. The van der Waals surface area contributed by atoms with Gasteiger partial charge in [-0.2, -0.15) is 19.9 Å². The lowest BCUT2D eigenvalue weighted by Gasteiger charge is -2.32. The molecule has 0 spiro atoms. The van der Waals surface area contributed by atoms with Gasteiger partial charge in [0.25, 0.3) is 5.78 Å². The summed E-state index contributed by atoms with van der Waals surface area (Å²) >= 11 is 0. The maximum Gasteiger partial charge on any atom is 0.254 e. The van der Waals surface area contributed by atoms with Crippen molar-refractivity contribution >= 4 is 23.0 Å². The number of aromatic nitrogens is 4. The van der Waals surface area contributed by atoms with Gasteiger partial charge in [0.15, 0.2) is 0 Å². The number of nitrogens with one attached hydrogen (secondary N) is 1.